The lowest BCUT2D eigenvalue weighted by molar-refractivity contribution is -0.148. The summed E-state index contributed by atoms with van der Waals surface area (Å²) in [7, 11) is 0. The molecule has 0 radical (unpaired) electrons. The predicted molar refractivity (Wildman–Crippen MR) is 144 cm³/mol. The number of aliphatic carboxylic acids is 2. The lowest BCUT2D eigenvalue weighted by atomic mass is 9.76. The summed E-state index contributed by atoms with van der Waals surface area (Å²) >= 11 is 0. The summed E-state index contributed by atoms with van der Waals surface area (Å²) < 4.78 is 17.1. The van der Waals surface area contributed by atoms with Gasteiger partial charge in [-0.3, -0.25) is 19.2 Å². The average molecular weight is 575 g/mol. The number of terminal acetylenes is 1. The van der Waals surface area contributed by atoms with Crippen molar-refractivity contribution in [2.75, 3.05) is 26.3 Å². The third-order valence-electron chi connectivity index (χ3n) is 10.1. The van der Waals surface area contributed by atoms with Crippen molar-refractivity contribution in [3.63, 3.8) is 0 Å². The van der Waals surface area contributed by atoms with E-state index in [-0.39, 0.29) is 30.4 Å². The minimum atomic E-state index is -1.03. The first-order chi connectivity index (χ1) is 19.8. The largest absolute Gasteiger partial charge is 0.481 e. The maximum Gasteiger partial charge on any atom is 0.309 e. The summed E-state index contributed by atoms with van der Waals surface area (Å²) in [5.74, 6) is -3.97. The van der Waals surface area contributed by atoms with Gasteiger partial charge in [0.1, 0.15) is 23.3 Å². The molecule has 6 atom stereocenters. The average Bonchev–Trinajstić information content (AvgIpc) is 3.74. The fourth-order valence-corrected chi connectivity index (χ4v) is 7.83. The number of carbonyl (C=O) groups is 4. The summed E-state index contributed by atoms with van der Waals surface area (Å²) in [5, 5.41) is 19.7. The topological polar surface area (TPSA) is 142 Å². The molecular weight excluding hydrogens is 532 g/mol. The molecule has 2 spiro atoms. The van der Waals surface area contributed by atoms with E-state index in [9.17, 15) is 29.4 Å². The molecule has 226 valence electrons. The van der Waals surface area contributed by atoms with Crippen LogP contribution in [0.3, 0.4) is 0 Å². The molecule has 11 nitrogen and oxygen atoms in total. The quantitative estimate of drug-likeness (QED) is 0.193. The Hall–Kier alpha value is -2.84. The van der Waals surface area contributed by atoms with E-state index in [1.54, 1.807) is 9.80 Å². The number of carboxylic acid groups (broad SMARTS) is 2. The van der Waals surface area contributed by atoms with Gasteiger partial charge in [-0.25, -0.2) is 0 Å². The second kappa shape index (κ2) is 12.2. The Morgan fingerprint density at radius 3 is 1.78 bits per heavy atom. The Labute approximate surface area is 240 Å². The number of ether oxygens (including phenoxy) is 3. The van der Waals surface area contributed by atoms with Crippen molar-refractivity contribution < 1.29 is 43.6 Å². The number of rotatable bonds is 13. The molecule has 3 aliphatic carbocycles. The Morgan fingerprint density at radius 1 is 0.780 bits per heavy atom. The summed E-state index contributed by atoms with van der Waals surface area (Å²) in [6.45, 7) is 1.75. The molecule has 11 heteroatoms. The van der Waals surface area contributed by atoms with Crippen LogP contribution in [-0.2, 0) is 33.4 Å². The van der Waals surface area contributed by atoms with Crippen LogP contribution >= 0.6 is 0 Å². The number of unbranched alkanes of at least 4 members (excludes halogenated alkanes) is 1. The zero-order valence-electron chi connectivity index (χ0n) is 23.6. The first-order valence-corrected chi connectivity index (χ1v) is 15.2. The zero-order valence-corrected chi connectivity index (χ0v) is 23.6. The van der Waals surface area contributed by atoms with Crippen molar-refractivity contribution in [3.8, 4) is 12.5 Å². The van der Waals surface area contributed by atoms with Gasteiger partial charge in [-0.2, -0.15) is 0 Å². The summed E-state index contributed by atoms with van der Waals surface area (Å²) in [5.41, 5.74) is -1.96. The summed E-state index contributed by atoms with van der Waals surface area (Å²) in [4.78, 5) is 53.2. The minimum Gasteiger partial charge on any atom is -0.481 e. The summed E-state index contributed by atoms with van der Waals surface area (Å²) in [6, 6.07) is 0. The molecule has 2 aliphatic heterocycles. The van der Waals surface area contributed by atoms with Gasteiger partial charge in [0.2, 0.25) is 11.8 Å². The van der Waals surface area contributed by atoms with Gasteiger partial charge in [-0.1, -0.05) is 25.7 Å². The monoisotopic (exact) mass is 574 g/mol. The molecule has 2 heterocycles. The number of nitrogens with zero attached hydrogens (tertiary/aromatic N) is 2. The van der Waals surface area contributed by atoms with E-state index < -0.39 is 34.9 Å². The van der Waals surface area contributed by atoms with Gasteiger partial charge >= 0.3 is 11.9 Å². The molecule has 5 rings (SSSR count). The van der Waals surface area contributed by atoms with Crippen molar-refractivity contribution in [1.82, 2.24) is 9.80 Å². The van der Waals surface area contributed by atoms with Gasteiger partial charge in [-0.05, 0) is 57.8 Å². The molecule has 5 fully saturated rings. The number of hydrogen-bond acceptors (Lipinski definition) is 7. The lowest BCUT2D eigenvalue weighted by Crippen LogP contribution is -2.44. The maximum atomic E-state index is 12.9. The second-order valence-corrected chi connectivity index (χ2v) is 12.3. The molecule has 2 saturated heterocycles. The van der Waals surface area contributed by atoms with E-state index in [4.69, 9.17) is 20.6 Å². The van der Waals surface area contributed by atoms with Crippen LogP contribution in [0.4, 0.5) is 0 Å². The highest BCUT2D eigenvalue weighted by atomic mass is 16.5. The molecular formula is C30H42N2O9. The number of amides is 2. The highest BCUT2D eigenvalue weighted by Gasteiger charge is 2.71. The van der Waals surface area contributed by atoms with E-state index in [0.29, 0.717) is 77.4 Å². The van der Waals surface area contributed by atoms with Crippen LogP contribution in [0.2, 0.25) is 0 Å². The molecule has 3 saturated carbocycles. The van der Waals surface area contributed by atoms with Crippen LogP contribution in [0.25, 0.3) is 0 Å². The molecule has 0 bridgehead atoms. The van der Waals surface area contributed by atoms with Crippen LogP contribution in [0, 0.1) is 24.4 Å². The maximum absolute atomic E-state index is 12.9. The Bertz CT molecular complexity index is 1070. The van der Waals surface area contributed by atoms with Crippen LogP contribution < -0.4 is 0 Å². The molecule has 2 N–H and O–H groups in total. The highest BCUT2D eigenvalue weighted by Crippen LogP contribution is 2.52. The van der Waals surface area contributed by atoms with Crippen molar-refractivity contribution in [2.45, 2.75) is 113 Å². The van der Waals surface area contributed by atoms with E-state index in [1.165, 1.54) is 19.3 Å². The SMILES string of the molecule is C#COC1CCC2(C(=O)N2CCCCN2C(=O)C23CCC(OCCOC2CCCCC2)CC3C(=O)O)C(C(=O)O)C1. The molecule has 0 aromatic rings. The van der Waals surface area contributed by atoms with Crippen molar-refractivity contribution in [1.29, 1.82) is 0 Å². The van der Waals surface area contributed by atoms with Gasteiger partial charge in [0.05, 0.1) is 37.3 Å². The van der Waals surface area contributed by atoms with E-state index >= 15 is 0 Å². The molecule has 0 aromatic heterocycles. The zero-order chi connectivity index (χ0) is 29.2. The number of carboxylic acids is 2. The second-order valence-electron chi connectivity index (χ2n) is 12.3. The minimum absolute atomic E-state index is 0.124. The van der Waals surface area contributed by atoms with Gasteiger partial charge in [-0.15, -0.1) is 0 Å². The Balaban J connectivity index is 1.06. The fourth-order valence-electron chi connectivity index (χ4n) is 7.83. The third kappa shape index (κ3) is 5.65. The highest BCUT2D eigenvalue weighted by molar-refractivity contribution is 6.06. The third-order valence-corrected chi connectivity index (χ3v) is 10.1. The van der Waals surface area contributed by atoms with Gasteiger partial charge in [0, 0.05) is 19.5 Å². The first kappa shape index (κ1) is 29.6. The lowest BCUT2D eigenvalue weighted by Gasteiger charge is -2.33. The Morgan fingerprint density at radius 2 is 1.27 bits per heavy atom. The van der Waals surface area contributed by atoms with Crippen molar-refractivity contribution in [3.05, 3.63) is 0 Å². The normalized spacial score (nSPS) is 35.0. The first-order valence-electron chi connectivity index (χ1n) is 15.2. The van der Waals surface area contributed by atoms with E-state index in [2.05, 4.69) is 6.11 Å². The van der Waals surface area contributed by atoms with Crippen molar-refractivity contribution in [2.24, 2.45) is 11.8 Å². The standard InChI is InChI=1S/C30H42N2O9/c1-2-39-21-10-12-29(23(18-21)25(33)34)27(37)31(29)14-6-7-15-32-28(38)30(32)13-11-22(19-24(30)26(35)36)41-17-16-40-20-8-4-3-5-9-20/h1,20-24H,3-19H2,(H,33,34)(H,35,36). The Kier molecular flexibility index (Phi) is 8.81. The molecule has 6 unspecified atom stereocenters. The van der Waals surface area contributed by atoms with Gasteiger partial charge in [0.15, 0.2) is 0 Å². The van der Waals surface area contributed by atoms with E-state index in [1.807, 2.05) is 0 Å². The molecule has 0 aromatic carbocycles. The number of carbonyl (C=O) groups excluding carboxylic acids is 2. The van der Waals surface area contributed by atoms with Crippen LogP contribution in [-0.4, -0.2) is 99.5 Å². The van der Waals surface area contributed by atoms with Crippen LogP contribution in [0.15, 0.2) is 0 Å². The van der Waals surface area contributed by atoms with Crippen LogP contribution in [0.1, 0.15) is 83.5 Å². The van der Waals surface area contributed by atoms with Crippen LogP contribution in [0.5, 0.6) is 0 Å². The van der Waals surface area contributed by atoms with Gasteiger partial charge < -0.3 is 34.2 Å². The molecule has 2 amide bonds. The number of hydrogen-bond donors (Lipinski definition) is 2. The van der Waals surface area contributed by atoms with Crippen molar-refractivity contribution >= 4 is 23.8 Å². The molecule has 41 heavy (non-hydrogen) atoms. The predicted octanol–water partition coefficient (Wildman–Crippen LogP) is 2.41. The molecule has 5 aliphatic rings. The van der Waals surface area contributed by atoms with E-state index in [0.717, 1.165) is 12.8 Å². The van der Waals surface area contributed by atoms with Gasteiger partial charge in [0.25, 0.3) is 0 Å². The fraction of sp³-hybridized carbons (Fsp3) is 0.800. The summed E-state index contributed by atoms with van der Waals surface area (Å²) in [6.07, 6.45) is 16.6. The smallest absolute Gasteiger partial charge is 0.309 e.